The zero-order valence-electron chi connectivity index (χ0n) is 13.3. The molecule has 0 aliphatic carbocycles. The molecule has 3 heterocycles. The molecular formula is C16H23N3O4. The van der Waals surface area contributed by atoms with Crippen LogP contribution in [0.4, 0.5) is 0 Å². The van der Waals surface area contributed by atoms with Crippen LogP contribution in [0.5, 0.6) is 0 Å². The van der Waals surface area contributed by atoms with E-state index in [4.69, 9.17) is 9.15 Å². The third-order valence-electron chi connectivity index (χ3n) is 4.43. The average molecular weight is 321 g/mol. The molecule has 0 bridgehead atoms. The number of ether oxygens (including phenoxy) is 1. The summed E-state index contributed by atoms with van der Waals surface area (Å²) < 4.78 is 10.4. The van der Waals surface area contributed by atoms with Crippen molar-refractivity contribution < 1.29 is 18.7 Å². The second-order valence-electron chi connectivity index (χ2n) is 5.89. The Morgan fingerprint density at radius 3 is 2.22 bits per heavy atom. The van der Waals surface area contributed by atoms with Crippen molar-refractivity contribution in [2.75, 3.05) is 65.6 Å². The predicted molar refractivity (Wildman–Crippen MR) is 83.3 cm³/mol. The molecule has 1 aromatic rings. The van der Waals surface area contributed by atoms with Gasteiger partial charge in [-0.3, -0.25) is 19.4 Å². The van der Waals surface area contributed by atoms with Gasteiger partial charge in [0.2, 0.25) is 0 Å². The summed E-state index contributed by atoms with van der Waals surface area (Å²) in [6.45, 7) is 8.45. The molecule has 1 aromatic heterocycles. The molecule has 2 fully saturated rings. The molecule has 2 aliphatic rings. The number of Topliss-reactive ketones (excluding diaryl/α,β-unsaturated/α-hetero) is 1. The van der Waals surface area contributed by atoms with E-state index in [0.29, 0.717) is 13.1 Å². The van der Waals surface area contributed by atoms with E-state index in [0.717, 1.165) is 52.5 Å². The van der Waals surface area contributed by atoms with Crippen molar-refractivity contribution in [3.05, 3.63) is 24.2 Å². The molecule has 0 aromatic carbocycles. The topological polar surface area (TPSA) is 66.2 Å². The van der Waals surface area contributed by atoms with Crippen LogP contribution < -0.4 is 0 Å². The quantitative estimate of drug-likeness (QED) is 0.559. The van der Waals surface area contributed by atoms with Crippen molar-refractivity contribution in [3.63, 3.8) is 0 Å². The first-order valence-electron chi connectivity index (χ1n) is 8.13. The highest BCUT2D eigenvalue weighted by Crippen LogP contribution is 2.08. The number of morpholine rings is 1. The lowest BCUT2D eigenvalue weighted by molar-refractivity contribution is -0.128. The summed E-state index contributed by atoms with van der Waals surface area (Å²) in [5.74, 6) is -0.908. The number of ketones is 1. The summed E-state index contributed by atoms with van der Waals surface area (Å²) in [6.07, 6.45) is 1.41. The van der Waals surface area contributed by atoms with Crippen LogP contribution in [-0.4, -0.2) is 92.0 Å². The van der Waals surface area contributed by atoms with Crippen LogP contribution in [-0.2, 0) is 9.53 Å². The smallest absolute Gasteiger partial charge is 0.298 e. The van der Waals surface area contributed by atoms with Crippen molar-refractivity contribution in [1.29, 1.82) is 0 Å². The van der Waals surface area contributed by atoms with Gasteiger partial charge in [-0.05, 0) is 12.1 Å². The standard InChI is InChI=1S/C16H23N3O4/c20-15(14-2-1-11-23-14)16(21)19-7-5-17(6-8-19)3-4-18-9-12-22-13-10-18/h1-2,11H,3-10,12-13H2. The summed E-state index contributed by atoms with van der Waals surface area (Å²) in [4.78, 5) is 30.6. The summed E-state index contributed by atoms with van der Waals surface area (Å²) in [7, 11) is 0. The molecule has 0 spiro atoms. The second-order valence-corrected chi connectivity index (χ2v) is 5.89. The van der Waals surface area contributed by atoms with E-state index in [1.807, 2.05) is 0 Å². The highest BCUT2D eigenvalue weighted by atomic mass is 16.5. The number of nitrogens with zero attached hydrogens (tertiary/aromatic N) is 3. The first kappa shape index (κ1) is 16.2. The van der Waals surface area contributed by atoms with E-state index in [1.54, 1.807) is 11.0 Å². The molecule has 0 unspecified atom stereocenters. The van der Waals surface area contributed by atoms with Gasteiger partial charge in [-0.2, -0.15) is 0 Å². The third kappa shape index (κ3) is 4.19. The maximum absolute atomic E-state index is 12.2. The van der Waals surface area contributed by atoms with Gasteiger partial charge in [0.15, 0.2) is 5.76 Å². The van der Waals surface area contributed by atoms with E-state index >= 15 is 0 Å². The number of piperazine rings is 1. The van der Waals surface area contributed by atoms with Crippen LogP contribution in [0.3, 0.4) is 0 Å². The summed E-state index contributed by atoms with van der Waals surface area (Å²) in [5, 5.41) is 0. The minimum absolute atomic E-state index is 0.116. The SMILES string of the molecule is O=C(C(=O)N1CCN(CCN2CCOCC2)CC1)c1ccco1. The van der Waals surface area contributed by atoms with E-state index in [2.05, 4.69) is 9.80 Å². The Morgan fingerprint density at radius 1 is 0.957 bits per heavy atom. The van der Waals surface area contributed by atoms with Crippen molar-refractivity contribution in [2.45, 2.75) is 0 Å². The van der Waals surface area contributed by atoms with Crippen molar-refractivity contribution in [2.24, 2.45) is 0 Å². The lowest BCUT2D eigenvalue weighted by atomic mass is 10.2. The Morgan fingerprint density at radius 2 is 1.61 bits per heavy atom. The Kier molecular flexibility index (Phi) is 5.43. The van der Waals surface area contributed by atoms with E-state index in [1.165, 1.54) is 12.3 Å². The van der Waals surface area contributed by atoms with Crippen LogP contribution in [0, 0.1) is 0 Å². The molecule has 3 rings (SSSR count). The fraction of sp³-hybridized carbons (Fsp3) is 0.625. The van der Waals surface area contributed by atoms with Crippen LogP contribution in [0.15, 0.2) is 22.8 Å². The minimum Gasteiger partial charge on any atom is -0.461 e. The van der Waals surface area contributed by atoms with Crippen molar-refractivity contribution >= 4 is 11.7 Å². The number of hydrogen-bond donors (Lipinski definition) is 0. The van der Waals surface area contributed by atoms with Gasteiger partial charge >= 0.3 is 0 Å². The Hall–Kier alpha value is -1.70. The van der Waals surface area contributed by atoms with E-state index in [-0.39, 0.29) is 5.76 Å². The van der Waals surface area contributed by atoms with Crippen LogP contribution in [0.25, 0.3) is 0 Å². The van der Waals surface area contributed by atoms with Crippen molar-refractivity contribution in [3.8, 4) is 0 Å². The normalized spacial score (nSPS) is 20.6. The zero-order chi connectivity index (χ0) is 16.1. The lowest BCUT2D eigenvalue weighted by Crippen LogP contribution is -2.52. The number of rotatable bonds is 5. The van der Waals surface area contributed by atoms with Gasteiger partial charge < -0.3 is 14.1 Å². The monoisotopic (exact) mass is 321 g/mol. The molecule has 2 saturated heterocycles. The van der Waals surface area contributed by atoms with E-state index in [9.17, 15) is 9.59 Å². The zero-order valence-corrected chi connectivity index (χ0v) is 13.3. The highest BCUT2D eigenvalue weighted by molar-refractivity contribution is 6.41. The first-order valence-corrected chi connectivity index (χ1v) is 8.13. The second kappa shape index (κ2) is 7.72. The fourth-order valence-corrected chi connectivity index (χ4v) is 2.94. The van der Waals surface area contributed by atoms with Crippen LogP contribution in [0.2, 0.25) is 0 Å². The number of carbonyl (C=O) groups excluding carboxylic acids is 2. The van der Waals surface area contributed by atoms with Crippen LogP contribution >= 0.6 is 0 Å². The highest BCUT2D eigenvalue weighted by Gasteiger charge is 2.28. The fourth-order valence-electron chi connectivity index (χ4n) is 2.94. The van der Waals surface area contributed by atoms with Gasteiger partial charge in [0.05, 0.1) is 19.5 Å². The number of carbonyl (C=O) groups is 2. The van der Waals surface area contributed by atoms with Crippen molar-refractivity contribution in [1.82, 2.24) is 14.7 Å². The number of hydrogen-bond acceptors (Lipinski definition) is 6. The molecule has 0 N–H and O–H groups in total. The molecule has 0 atom stereocenters. The largest absolute Gasteiger partial charge is 0.461 e. The molecular weight excluding hydrogens is 298 g/mol. The third-order valence-corrected chi connectivity index (χ3v) is 4.43. The predicted octanol–water partition coefficient (Wildman–Crippen LogP) is -0.0613. The molecule has 7 heteroatoms. The van der Waals surface area contributed by atoms with Gasteiger partial charge in [-0.1, -0.05) is 0 Å². The van der Waals surface area contributed by atoms with E-state index < -0.39 is 11.7 Å². The van der Waals surface area contributed by atoms with Gasteiger partial charge in [0.25, 0.3) is 11.7 Å². The Labute approximate surface area is 135 Å². The number of furan rings is 1. The van der Waals surface area contributed by atoms with Gasteiger partial charge in [0, 0.05) is 52.4 Å². The molecule has 23 heavy (non-hydrogen) atoms. The summed E-state index contributed by atoms with van der Waals surface area (Å²) in [6, 6.07) is 3.14. The van der Waals surface area contributed by atoms with Crippen LogP contribution in [0.1, 0.15) is 10.6 Å². The molecule has 0 radical (unpaired) electrons. The summed E-state index contributed by atoms with van der Waals surface area (Å²) >= 11 is 0. The molecule has 0 saturated carbocycles. The maximum atomic E-state index is 12.2. The molecule has 1 amide bonds. The lowest BCUT2D eigenvalue weighted by Gasteiger charge is -2.36. The average Bonchev–Trinajstić information content (AvgIpc) is 3.15. The Balaban J connectivity index is 1.41. The number of amides is 1. The minimum atomic E-state index is -0.559. The molecule has 126 valence electrons. The maximum Gasteiger partial charge on any atom is 0.298 e. The van der Waals surface area contributed by atoms with Gasteiger partial charge in [-0.25, -0.2) is 0 Å². The first-order chi connectivity index (χ1) is 11.2. The summed E-state index contributed by atoms with van der Waals surface area (Å²) in [5.41, 5.74) is 0. The van der Waals surface area contributed by atoms with Gasteiger partial charge in [0.1, 0.15) is 0 Å². The molecule has 7 nitrogen and oxygen atoms in total. The Bertz CT molecular complexity index is 517. The van der Waals surface area contributed by atoms with Gasteiger partial charge in [-0.15, -0.1) is 0 Å². The molecule has 2 aliphatic heterocycles.